The largest absolute Gasteiger partial charge is 0.507 e. The minimum absolute atomic E-state index is 0.0214. The van der Waals surface area contributed by atoms with Crippen LogP contribution in [0.25, 0.3) is 0 Å². The van der Waals surface area contributed by atoms with E-state index in [0.717, 1.165) is 6.42 Å². The number of rotatable bonds is 17. The summed E-state index contributed by atoms with van der Waals surface area (Å²) >= 11 is 0. The van der Waals surface area contributed by atoms with Gasteiger partial charge in [-0.3, -0.25) is 4.79 Å². The van der Waals surface area contributed by atoms with Crippen LogP contribution in [0.3, 0.4) is 0 Å². The second kappa shape index (κ2) is 17.3. The molecule has 0 fully saturated rings. The summed E-state index contributed by atoms with van der Waals surface area (Å²) in [6.07, 6.45) is 8.72. The summed E-state index contributed by atoms with van der Waals surface area (Å²) in [5.41, 5.74) is 0.892. The Morgan fingerprint density at radius 1 is 1.05 bits per heavy atom. The molecule has 1 heterocycles. The maximum atomic E-state index is 12.5. The highest BCUT2D eigenvalue weighted by molar-refractivity contribution is 5.95. The van der Waals surface area contributed by atoms with Gasteiger partial charge in [-0.05, 0) is 49.1 Å². The molecule has 9 nitrogen and oxygen atoms in total. The molecule has 0 saturated carbocycles. The summed E-state index contributed by atoms with van der Waals surface area (Å²) in [5.74, 6) is -1.24. The summed E-state index contributed by atoms with van der Waals surface area (Å²) in [7, 11) is 1.51. The van der Waals surface area contributed by atoms with Gasteiger partial charge in [-0.15, -0.1) is 0 Å². The van der Waals surface area contributed by atoms with Crippen LogP contribution in [0.2, 0.25) is 0 Å². The molecular formula is C33H51NO8. The van der Waals surface area contributed by atoms with E-state index in [9.17, 15) is 30.0 Å². The molecule has 8 unspecified atom stereocenters. The average molecular weight is 590 g/mol. The first-order chi connectivity index (χ1) is 19.9. The number of hydrogen-bond donors (Lipinski definition) is 5. The number of hydrogen-bond acceptors (Lipinski definition) is 8. The molecule has 1 aromatic carbocycles. The maximum absolute atomic E-state index is 12.5. The number of esters is 1. The second-order valence-corrected chi connectivity index (χ2v) is 11.7. The number of cyclic esters (lactones) is 1. The molecule has 236 valence electrons. The molecule has 9 heteroatoms. The average Bonchev–Trinajstić information content (AvgIpc) is 2.96. The molecule has 5 N–H and O–H groups in total. The molecule has 0 radical (unpaired) electrons. The minimum atomic E-state index is -0.719. The van der Waals surface area contributed by atoms with Crippen molar-refractivity contribution in [3.05, 3.63) is 47.6 Å². The number of aromatic hydroxyl groups is 1. The summed E-state index contributed by atoms with van der Waals surface area (Å²) in [5, 5.41) is 44.4. The highest BCUT2D eigenvalue weighted by Crippen LogP contribution is 2.35. The molecule has 0 spiro atoms. The van der Waals surface area contributed by atoms with Crippen LogP contribution in [0, 0.1) is 23.7 Å². The third-order valence-corrected chi connectivity index (χ3v) is 8.35. The summed E-state index contributed by atoms with van der Waals surface area (Å²) in [6.45, 7) is 9.80. The van der Waals surface area contributed by atoms with Gasteiger partial charge in [-0.25, -0.2) is 4.79 Å². The zero-order chi connectivity index (χ0) is 31.4. The fourth-order valence-electron chi connectivity index (χ4n) is 5.18. The Morgan fingerprint density at radius 2 is 1.71 bits per heavy atom. The van der Waals surface area contributed by atoms with Gasteiger partial charge < -0.3 is 35.2 Å². The second-order valence-electron chi connectivity index (χ2n) is 11.7. The van der Waals surface area contributed by atoms with E-state index in [0.29, 0.717) is 50.0 Å². The van der Waals surface area contributed by atoms with E-state index >= 15 is 0 Å². The van der Waals surface area contributed by atoms with E-state index in [1.54, 1.807) is 13.0 Å². The SMILES string of the molecule is CCCC(O)C(C)C(=O)NC/C=C\CC(C)C(O)C(C)C(O)C/C=C\CC(C)C1Cc2cc(OC)cc(O)c2C(=O)O1. The Balaban J connectivity index is 1.76. The van der Waals surface area contributed by atoms with Crippen LogP contribution in [0.5, 0.6) is 11.5 Å². The van der Waals surface area contributed by atoms with Crippen LogP contribution in [-0.4, -0.2) is 70.4 Å². The number of carbonyl (C=O) groups excluding carboxylic acids is 2. The van der Waals surface area contributed by atoms with Gasteiger partial charge in [0.2, 0.25) is 5.91 Å². The van der Waals surface area contributed by atoms with Crippen LogP contribution < -0.4 is 10.1 Å². The lowest BCUT2D eigenvalue weighted by atomic mass is 9.86. The van der Waals surface area contributed by atoms with E-state index < -0.39 is 30.2 Å². The number of phenols is 1. The van der Waals surface area contributed by atoms with Gasteiger partial charge in [0.25, 0.3) is 0 Å². The van der Waals surface area contributed by atoms with Crippen LogP contribution in [0.1, 0.15) is 82.6 Å². The molecule has 1 aliphatic heterocycles. The normalized spacial score (nSPS) is 20.3. The number of phenolic OH excluding ortho intramolecular Hbond substituents is 1. The van der Waals surface area contributed by atoms with Crippen molar-refractivity contribution < 1.29 is 39.5 Å². The van der Waals surface area contributed by atoms with Gasteiger partial charge in [-0.1, -0.05) is 65.3 Å². The highest BCUT2D eigenvalue weighted by atomic mass is 16.5. The Labute approximate surface area is 250 Å². The molecule has 1 amide bonds. The zero-order valence-electron chi connectivity index (χ0n) is 26.0. The number of carbonyl (C=O) groups is 2. The van der Waals surface area contributed by atoms with Crippen LogP contribution in [-0.2, 0) is 16.0 Å². The maximum Gasteiger partial charge on any atom is 0.342 e. The van der Waals surface area contributed by atoms with Crippen molar-refractivity contribution in [2.45, 2.75) is 97.6 Å². The first-order valence-corrected chi connectivity index (χ1v) is 15.1. The van der Waals surface area contributed by atoms with Crippen LogP contribution >= 0.6 is 0 Å². The number of aliphatic hydroxyl groups excluding tert-OH is 3. The number of methoxy groups -OCH3 is 1. The van der Waals surface area contributed by atoms with Crippen molar-refractivity contribution >= 4 is 11.9 Å². The molecule has 1 aromatic rings. The van der Waals surface area contributed by atoms with E-state index in [1.165, 1.54) is 13.2 Å². The molecule has 0 aromatic heterocycles. The highest BCUT2D eigenvalue weighted by Gasteiger charge is 2.32. The Kier molecular flexibility index (Phi) is 14.5. The molecule has 8 atom stereocenters. The van der Waals surface area contributed by atoms with Crippen molar-refractivity contribution in [2.24, 2.45) is 23.7 Å². The molecule has 0 saturated heterocycles. The minimum Gasteiger partial charge on any atom is -0.507 e. The molecule has 0 aliphatic carbocycles. The zero-order valence-corrected chi connectivity index (χ0v) is 26.0. The summed E-state index contributed by atoms with van der Waals surface area (Å²) < 4.78 is 10.8. The van der Waals surface area contributed by atoms with Gasteiger partial charge in [0.15, 0.2) is 0 Å². The lowest BCUT2D eigenvalue weighted by Gasteiger charge is -2.29. The fourth-order valence-corrected chi connectivity index (χ4v) is 5.18. The van der Waals surface area contributed by atoms with Crippen molar-refractivity contribution in [3.63, 3.8) is 0 Å². The number of aliphatic hydroxyl groups is 3. The van der Waals surface area contributed by atoms with Crippen LogP contribution in [0.15, 0.2) is 36.4 Å². The monoisotopic (exact) mass is 589 g/mol. The van der Waals surface area contributed by atoms with Crippen molar-refractivity contribution in [2.75, 3.05) is 13.7 Å². The first-order valence-electron chi connectivity index (χ1n) is 15.1. The number of benzene rings is 1. The van der Waals surface area contributed by atoms with Crippen molar-refractivity contribution in [1.29, 1.82) is 0 Å². The standard InChI is InChI=1S/C33H51NO8/c1-7-12-26(35)23(5)32(39)34-16-11-10-14-21(3)31(38)22(4)27(36)15-9-8-13-20(2)29-18-24-17-25(41-6)19-28(37)30(24)33(40)42-29/h8-11,17,19-23,26-27,29,31,35-38H,7,12-16,18H2,1-6H3,(H,34,39)/b9-8-,11-10-. The van der Waals surface area contributed by atoms with E-state index in [2.05, 4.69) is 5.32 Å². The van der Waals surface area contributed by atoms with Gasteiger partial charge in [0.1, 0.15) is 23.2 Å². The van der Waals surface area contributed by atoms with Gasteiger partial charge >= 0.3 is 5.97 Å². The van der Waals surface area contributed by atoms with Crippen LogP contribution in [0.4, 0.5) is 0 Å². The summed E-state index contributed by atoms with van der Waals surface area (Å²) in [6, 6.07) is 3.16. The van der Waals surface area contributed by atoms with Crippen molar-refractivity contribution in [3.8, 4) is 11.5 Å². The quantitative estimate of drug-likeness (QED) is 0.134. The first kappa shape index (κ1) is 35.3. The fraction of sp³-hybridized carbons (Fsp3) is 0.636. The number of fused-ring (bicyclic) bond motifs is 1. The van der Waals surface area contributed by atoms with Gasteiger partial charge in [-0.2, -0.15) is 0 Å². The lowest BCUT2D eigenvalue weighted by Crippen LogP contribution is -2.36. The number of allylic oxidation sites excluding steroid dienone is 2. The number of ether oxygens (including phenoxy) is 2. The lowest BCUT2D eigenvalue weighted by molar-refractivity contribution is -0.127. The van der Waals surface area contributed by atoms with Crippen molar-refractivity contribution in [1.82, 2.24) is 5.32 Å². The van der Waals surface area contributed by atoms with Gasteiger partial charge in [0.05, 0.1) is 31.3 Å². The molecular weight excluding hydrogens is 538 g/mol. The molecule has 42 heavy (non-hydrogen) atoms. The smallest absolute Gasteiger partial charge is 0.342 e. The van der Waals surface area contributed by atoms with Gasteiger partial charge in [0, 0.05) is 24.9 Å². The predicted molar refractivity (Wildman–Crippen MR) is 162 cm³/mol. The third kappa shape index (κ3) is 10.1. The predicted octanol–water partition coefficient (Wildman–Crippen LogP) is 4.31. The molecule has 2 rings (SSSR count). The topological polar surface area (TPSA) is 146 Å². The number of amides is 1. The Bertz CT molecular complexity index is 1070. The van der Waals surface area contributed by atoms with E-state index in [4.69, 9.17) is 9.47 Å². The summed E-state index contributed by atoms with van der Waals surface area (Å²) in [4.78, 5) is 24.6. The Hall–Kier alpha value is -2.88. The van der Waals surface area contributed by atoms with E-state index in [-0.39, 0.29) is 41.1 Å². The Morgan fingerprint density at radius 3 is 2.38 bits per heavy atom. The molecule has 0 bridgehead atoms. The third-order valence-electron chi connectivity index (χ3n) is 8.35. The molecule has 1 aliphatic rings. The number of nitrogens with one attached hydrogen (secondary N) is 1. The van der Waals surface area contributed by atoms with E-state index in [1.807, 2.05) is 52.0 Å².